The van der Waals surface area contributed by atoms with Crippen molar-refractivity contribution in [1.29, 1.82) is 0 Å². The van der Waals surface area contributed by atoms with Crippen LogP contribution in [0.15, 0.2) is 36.7 Å². The first-order valence-corrected chi connectivity index (χ1v) is 8.72. The maximum absolute atomic E-state index is 6.00. The van der Waals surface area contributed by atoms with Crippen molar-refractivity contribution in [3.63, 3.8) is 0 Å². The predicted molar refractivity (Wildman–Crippen MR) is 102 cm³/mol. The summed E-state index contributed by atoms with van der Waals surface area (Å²) < 4.78 is 1.88. The molecule has 4 nitrogen and oxygen atoms in total. The second-order valence-electron chi connectivity index (χ2n) is 6.51. The molecule has 1 aliphatic heterocycles. The van der Waals surface area contributed by atoms with Crippen LogP contribution in [0.4, 0.5) is 0 Å². The zero-order valence-electron chi connectivity index (χ0n) is 14.1. The second kappa shape index (κ2) is 9.42. The van der Waals surface area contributed by atoms with Gasteiger partial charge in [0.1, 0.15) is 0 Å². The van der Waals surface area contributed by atoms with Crippen molar-refractivity contribution in [3.8, 4) is 0 Å². The molecule has 0 bridgehead atoms. The molecule has 132 valence electrons. The van der Waals surface area contributed by atoms with Crippen LogP contribution in [0.3, 0.4) is 0 Å². The van der Waals surface area contributed by atoms with Crippen molar-refractivity contribution in [3.05, 3.63) is 52.8 Å². The molecule has 1 aromatic heterocycles. The summed E-state index contributed by atoms with van der Waals surface area (Å²) in [5, 5.41) is 8.55. The van der Waals surface area contributed by atoms with E-state index < -0.39 is 0 Å². The summed E-state index contributed by atoms with van der Waals surface area (Å²) in [5.41, 5.74) is 2.59. The number of nitrogens with one attached hydrogen (secondary N) is 1. The van der Waals surface area contributed by atoms with E-state index >= 15 is 0 Å². The third kappa shape index (κ3) is 5.78. The van der Waals surface area contributed by atoms with Gasteiger partial charge in [0.25, 0.3) is 0 Å². The monoisotopic (exact) mass is 368 g/mol. The summed E-state index contributed by atoms with van der Waals surface area (Å²) in [6.45, 7) is 5.33. The number of nitrogens with zero attached hydrogens (tertiary/aromatic N) is 3. The lowest BCUT2D eigenvalue weighted by Gasteiger charge is -2.30. The largest absolute Gasteiger partial charge is 0.317 e. The summed E-state index contributed by atoms with van der Waals surface area (Å²) >= 11 is 6.00. The Morgan fingerprint density at radius 1 is 1.17 bits per heavy atom. The van der Waals surface area contributed by atoms with E-state index in [-0.39, 0.29) is 12.4 Å². The molecule has 0 atom stereocenters. The van der Waals surface area contributed by atoms with Crippen molar-refractivity contribution in [2.24, 2.45) is 13.0 Å². The highest BCUT2D eigenvalue weighted by atomic mass is 35.5. The molecule has 1 aromatic carbocycles. The van der Waals surface area contributed by atoms with Crippen LogP contribution in [0, 0.1) is 5.92 Å². The van der Waals surface area contributed by atoms with Crippen LogP contribution in [0.1, 0.15) is 24.0 Å². The second-order valence-corrected chi connectivity index (χ2v) is 6.95. The Morgan fingerprint density at radius 2 is 1.83 bits per heavy atom. The van der Waals surface area contributed by atoms with Gasteiger partial charge in [-0.3, -0.25) is 9.58 Å². The molecule has 0 spiro atoms. The molecule has 0 amide bonds. The fourth-order valence-corrected chi connectivity index (χ4v) is 3.40. The molecule has 1 N–H and O–H groups in total. The standard InChI is InChI=1S/C18H25ClN4.ClH/c1-22-11-17(10-21-22)14-23(13-16-6-8-20-9-7-16)12-15-2-4-18(19)5-3-15;/h2-5,10-11,16,20H,6-9,12-14H2,1H3;1H. The molecule has 6 heteroatoms. The molecule has 0 radical (unpaired) electrons. The summed E-state index contributed by atoms with van der Waals surface area (Å²) in [7, 11) is 1.97. The Morgan fingerprint density at radius 3 is 2.46 bits per heavy atom. The maximum Gasteiger partial charge on any atom is 0.0534 e. The zero-order valence-corrected chi connectivity index (χ0v) is 15.7. The minimum Gasteiger partial charge on any atom is -0.317 e. The molecule has 0 unspecified atom stereocenters. The third-order valence-electron chi connectivity index (χ3n) is 4.46. The molecule has 1 fully saturated rings. The summed E-state index contributed by atoms with van der Waals surface area (Å²) in [6, 6.07) is 8.20. The summed E-state index contributed by atoms with van der Waals surface area (Å²) in [4.78, 5) is 2.54. The van der Waals surface area contributed by atoms with Gasteiger partial charge in [-0.2, -0.15) is 5.10 Å². The fourth-order valence-electron chi connectivity index (χ4n) is 3.27. The average Bonchev–Trinajstić information content (AvgIpc) is 2.95. The molecule has 0 aliphatic carbocycles. The number of hydrogen-bond donors (Lipinski definition) is 1. The Kier molecular flexibility index (Phi) is 7.56. The van der Waals surface area contributed by atoms with Crippen LogP contribution >= 0.6 is 24.0 Å². The molecule has 1 aliphatic rings. The van der Waals surface area contributed by atoms with Gasteiger partial charge in [0, 0.05) is 43.5 Å². The van der Waals surface area contributed by atoms with E-state index in [0.29, 0.717) is 0 Å². The van der Waals surface area contributed by atoms with Gasteiger partial charge in [-0.1, -0.05) is 23.7 Å². The van der Waals surface area contributed by atoms with Crippen molar-refractivity contribution < 1.29 is 0 Å². The van der Waals surface area contributed by atoms with E-state index in [0.717, 1.165) is 43.7 Å². The lowest BCUT2D eigenvalue weighted by atomic mass is 9.97. The average molecular weight is 369 g/mol. The van der Waals surface area contributed by atoms with Crippen LogP contribution in [-0.2, 0) is 20.1 Å². The lowest BCUT2D eigenvalue weighted by Crippen LogP contribution is -2.35. The normalized spacial score (nSPS) is 15.5. The Hall–Kier alpha value is -1.07. The van der Waals surface area contributed by atoms with E-state index in [9.17, 15) is 0 Å². The number of aromatic nitrogens is 2. The molecule has 2 heterocycles. The van der Waals surface area contributed by atoms with E-state index in [2.05, 4.69) is 33.6 Å². The zero-order chi connectivity index (χ0) is 16.1. The SMILES string of the molecule is Cl.Cn1cc(CN(Cc2ccc(Cl)cc2)CC2CCNCC2)cn1. The van der Waals surface area contributed by atoms with Crippen molar-refractivity contribution in [1.82, 2.24) is 20.0 Å². The molecule has 24 heavy (non-hydrogen) atoms. The maximum atomic E-state index is 6.00. The van der Waals surface area contributed by atoms with Crippen LogP contribution in [-0.4, -0.2) is 34.3 Å². The Labute approximate surface area is 155 Å². The highest BCUT2D eigenvalue weighted by Crippen LogP contribution is 2.18. The van der Waals surface area contributed by atoms with Gasteiger partial charge in [-0.05, 0) is 49.5 Å². The number of hydrogen-bond acceptors (Lipinski definition) is 3. The first kappa shape index (κ1) is 19.3. The van der Waals surface area contributed by atoms with Crippen molar-refractivity contribution >= 4 is 24.0 Å². The first-order chi connectivity index (χ1) is 11.2. The molecule has 2 aromatic rings. The lowest BCUT2D eigenvalue weighted by molar-refractivity contribution is 0.191. The minimum atomic E-state index is 0. The number of halogens is 2. The van der Waals surface area contributed by atoms with Gasteiger partial charge in [0.15, 0.2) is 0 Å². The van der Waals surface area contributed by atoms with Crippen molar-refractivity contribution in [2.45, 2.75) is 25.9 Å². The van der Waals surface area contributed by atoms with E-state index in [1.54, 1.807) is 0 Å². The number of benzene rings is 1. The van der Waals surface area contributed by atoms with Crippen LogP contribution in [0.5, 0.6) is 0 Å². The van der Waals surface area contributed by atoms with Crippen LogP contribution in [0.2, 0.25) is 5.02 Å². The third-order valence-corrected chi connectivity index (χ3v) is 4.71. The van der Waals surface area contributed by atoms with Crippen LogP contribution in [0.25, 0.3) is 0 Å². The number of aryl methyl sites for hydroxylation is 1. The predicted octanol–water partition coefficient (Wildman–Crippen LogP) is 3.50. The smallest absolute Gasteiger partial charge is 0.0534 e. The summed E-state index contributed by atoms with van der Waals surface area (Å²) in [6.07, 6.45) is 6.61. The quantitative estimate of drug-likeness (QED) is 0.846. The minimum absolute atomic E-state index is 0. The topological polar surface area (TPSA) is 33.1 Å². The van der Waals surface area contributed by atoms with Gasteiger partial charge in [0.05, 0.1) is 6.20 Å². The molecular weight excluding hydrogens is 343 g/mol. The van der Waals surface area contributed by atoms with Gasteiger partial charge >= 0.3 is 0 Å². The summed E-state index contributed by atoms with van der Waals surface area (Å²) in [5.74, 6) is 0.778. The van der Waals surface area contributed by atoms with Gasteiger partial charge in [-0.15, -0.1) is 12.4 Å². The van der Waals surface area contributed by atoms with Crippen molar-refractivity contribution in [2.75, 3.05) is 19.6 Å². The van der Waals surface area contributed by atoms with Gasteiger partial charge < -0.3 is 5.32 Å². The highest BCUT2D eigenvalue weighted by molar-refractivity contribution is 6.30. The highest BCUT2D eigenvalue weighted by Gasteiger charge is 2.18. The van der Waals surface area contributed by atoms with E-state index in [1.807, 2.05) is 30.1 Å². The molecule has 1 saturated heterocycles. The van der Waals surface area contributed by atoms with Gasteiger partial charge in [-0.25, -0.2) is 0 Å². The van der Waals surface area contributed by atoms with Crippen LogP contribution < -0.4 is 5.32 Å². The fraction of sp³-hybridized carbons (Fsp3) is 0.500. The van der Waals surface area contributed by atoms with E-state index in [1.165, 1.54) is 24.0 Å². The molecular formula is C18H26Cl2N4. The van der Waals surface area contributed by atoms with Gasteiger partial charge in [0.2, 0.25) is 0 Å². The Bertz CT molecular complexity index is 606. The first-order valence-electron chi connectivity index (χ1n) is 8.34. The van der Waals surface area contributed by atoms with E-state index in [4.69, 9.17) is 11.6 Å². The number of piperidine rings is 1. The molecule has 3 rings (SSSR count). The molecule has 0 saturated carbocycles. The number of rotatable bonds is 6. The Balaban J connectivity index is 0.00000208.